The first-order valence-electron chi connectivity index (χ1n) is 6.84. The summed E-state index contributed by atoms with van der Waals surface area (Å²) in [5.74, 6) is -0.710. The van der Waals surface area contributed by atoms with Gasteiger partial charge in [0.15, 0.2) is 11.5 Å². The summed E-state index contributed by atoms with van der Waals surface area (Å²) in [5.41, 5.74) is 1.49. The van der Waals surface area contributed by atoms with Crippen LogP contribution in [0.4, 0.5) is 14.5 Å². The molecule has 0 spiro atoms. The summed E-state index contributed by atoms with van der Waals surface area (Å²) < 4.78 is 39.6. The van der Waals surface area contributed by atoms with Gasteiger partial charge in [0.05, 0.1) is 16.6 Å². The van der Waals surface area contributed by atoms with E-state index in [0.717, 1.165) is 0 Å². The van der Waals surface area contributed by atoms with E-state index >= 15 is 0 Å². The molecule has 1 N–H and O–H groups in total. The Bertz CT molecular complexity index is 971. The van der Waals surface area contributed by atoms with E-state index in [0.29, 0.717) is 16.8 Å². The number of hydrogen-bond donors (Lipinski definition) is 1. The second-order valence-corrected chi connectivity index (χ2v) is 5.13. The van der Waals surface area contributed by atoms with Crippen LogP contribution in [0.1, 0.15) is 16.1 Å². The number of amides is 1. The van der Waals surface area contributed by atoms with Gasteiger partial charge in [0.25, 0.3) is 11.6 Å². The fourth-order valence-electron chi connectivity index (χ4n) is 2.30. The maximum atomic E-state index is 13.0. The van der Waals surface area contributed by atoms with Gasteiger partial charge in [-0.25, -0.2) is 4.98 Å². The molecule has 3 heterocycles. The Labute approximate surface area is 133 Å². The van der Waals surface area contributed by atoms with Gasteiger partial charge in [-0.1, -0.05) is 5.16 Å². The number of aryl methyl sites for hydroxylation is 1. The highest BCUT2D eigenvalue weighted by molar-refractivity contribution is 6.05. The van der Waals surface area contributed by atoms with Crippen LogP contribution in [-0.4, -0.2) is 22.3 Å². The van der Waals surface area contributed by atoms with Gasteiger partial charge in [-0.05, 0) is 25.1 Å². The van der Waals surface area contributed by atoms with Gasteiger partial charge in [-0.15, -0.1) is 8.78 Å². The molecule has 0 unspecified atom stereocenters. The highest BCUT2D eigenvalue weighted by Gasteiger charge is 2.43. The van der Waals surface area contributed by atoms with E-state index in [9.17, 15) is 13.6 Å². The first-order chi connectivity index (χ1) is 11.4. The van der Waals surface area contributed by atoms with Crippen molar-refractivity contribution in [1.82, 2.24) is 10.1 Å². The van der Waals surface area contributed by atoms with Gasteiger partial charge in [-0.2, -0.15) is 0 Å². The lowest BCUT2D eigenvalue weighted by molar-refractivity contribution is -0.286. The first kappa shape index (κ1) is 14.4. The van der Waals surface area contributed by atoms with Gasteiger partial charge in [0.1, 0.15) is 0 Å². The molecule has 9 heteroatoms. The van der Waals surface area contributed by atoms with Crippen molar-refractivity contribution < 1.29 is 27.6 Å². The number of carbonyl (C=O) groups excluding carboxylic acids is 1. The number of ether oxygens (including phenoxy) is 2. The lowest BCUT2D eigenvalue weighted by atomic mass is 10.2. The third-order valence-corrected chi connectivity index (χ3v) is 3.43. The third-order valence-electron chi connectivity index (χ3n) is 3.43. The third kappa shape index (κ3) is 2.39. The molecule has 24 heavy (non-hydrogen) atoms. The molecule has 0 fully saturated rings. The zero-order chi connectivity index (χ0) is 16.9. The molecule has 7 nitrogen and oxygen atoms in total. The van der Waals surface area contributed by atoms with Gasteiger partial charge in [-0.3, -0.25) is 4.79 Å². The van der Waals surface area contributed by atoms with E-state index in [-0.39, 0.29) is 22.7 Å². The Balaban J connectivity index is 1.59. The lowest BCUT2D eigenvalue weighted by Gasteiger charge is -2.06. The van der Waals surface area contributed by atoms with Gasteiger partial charge >= 0.3 is 6.29 Å². The number of alkyl halides is 2. The maximum absolute atomic E-state index is 13.0. The second-order valence-electron chi connectivity index (χ2n) is 5.13. The number of benzene rings is 1. The van der Waals surface area contributed by atoms with Crippen LogP contribution in [0, 0.1) is 6.92 Å². The topological polar surface area (TPSA) is 86.5 Å². The van der Waals surface area contributed by atoms with E-state index in [1.165, 1.54) is 24.4 Å². The average molecular weight is 333 g/mol. The molecule has 0 saturated heterocycles. The Morgan fingerprint density at radius 1 is 1.21 bits per heavy atom. The van der Waals surface area contributed by atoms with Crippen molar-refractivity contribution in [2.24, 2.45) is 0 Å². The molecule has 2 aromatic heterocycles. The van der Waals surface area contributed by atoms with E-state index in [1.54, 1.807) is 13.0 Å². The number of nitrogens with zero attached hydrogens (tertiary/aromatic N) is 2. The smallest absolute Gasteiger partial charge is 0.395 e. The monoisotopic (exact) mass is 333 g/mol. The van der Waals surface area contributed by atoms with Crippen molar-refractivity contribution in [3.63, 3.8) is 0 Å². The van der Waals surface area contributed by atoms with Crippen LogP contribution in [0.5, 0.6) is 11.5 Å². The summed E-state index contributed by atoms with van der Waals surface area (Å²) in [6.07, 6.45) is -2.37. The fraction of sp³-hybridized carbons (Fsp3) is 0.133. The van der Waals surface area contributed by atoms with Crippen LogP contribution in [0.15, 0.2) is 35.0 Å². The quantitative estimate of drug-likeness (QED) is 0.775. The second kappa shape index (κ2) is 4.88. The van der Waals surface area contributed by atoms with Crippen LogP contribution >= 0.6 is 0 Å². The zero-order valence-electron chi connectivity index (χ0n) is 12.2. The standard InChI is InChI=1S/C15H9F2N3O4/c1-7-10-4-8(6-18-14(10)24-20-7)13(21)19-9-2-3-11-12(5-9)23-15(16,17)22-11/h2-6H,1H3,(H,19,21). The number of pyridine rings is 1. The fourth-order valence-corrected chi connectivity index (χ4v) is 2.30. The Morgan fingerprint density at radius 2 is 2.00 bits per heavy atom. The van der Waals surface area contributed by atoms with E-state index in [2.05, 4.69) is 24.9 Å². The summed E-state index contributed by atoms with van der Waals surface area (Å²) in [7, 11) is 0. The molecule has 0 bridgehead atoms. The van der Waals surface area contributed by atoms with Gasteiger partial charge in [0, 0.05) is 18.0 Å². The van der Waals surface area contributed by atoms with E-state index in [4.69, 9.17) is 4.52 Å². The highest BCUT2D eigenvalue weighted by atomic mass is 19.3. The molecule has 1 aliphatic rings. The Morgan fingerprint density at radius 3 is 2.83 bits per heavy atom. The normalized spacial score (nSPS) is 14.8. The summed E-state index contributed by atoms with van der Waals surface area (Å²) in [6, 6.07) is 5.56. The summed E-state index contributed by atoms with van der Waals surface area (Å²) >= 11 is 0. The molecule has 1 aromatic carbocycles. The molecule has 4 rings (SSSR count). The summed E-state index contributed by atoms with van der Waals surface area (Å²) in [5, 5.41) is 6.96. The van der Waals surface area contributed by atoms with Crippen molar-refractivity contribution in [3.8, 4) is 11.5 Å². The molecule has 1 amide bonds. The van der Waals surface area contributed by atoms with Crippen LogP contribution in [0.2, 0.25) is 0 Å². The van der Waals surface area contributed by atoms with Crippen LogP contribution < -0.4 is 14.8 Å². The van der Waals surface area contributed by atoms with Crippen molar-refractivity contribution in [3.05, 3.63) is 41.7 Å². The minimum absolute atomic E-state index is 0.0961. The molecular weight excluding hydrogens is 324 g/mol. The minimum atomic E-state index is -3.70. The lowest BCUT2D eigenvalue weighted by Crippen LogP contribution is -2.25. The van der Waals surface area contributed by atoms with Gasteiger partial charge < -0.3 is 19.3 Å². The van der Waals surface area contributed by atoms with Crippen molar-refractivity contribution in [1.29, 1.82) is 0 Å². The maximum Gasteiger partial charge on any atom is 0.586 e. The average Bonchev–Trinajstić information content (AvgIpc) is 3.05. The van der Waals surface area contributed by atoms with E-state index < -0.39 is 12.2 Å². The molecule has 0 atom stereocenters. The summed E-state index contributed by atoms with van der Waals surface area (Å²) in [4.78, 5) is 16.3. The van der Waals surface area contributed by atoms with Crippen LogP contribution in [0.3, 0.4) is 0 Å². The molecule has 0 saturated carbocycles. The number of nitrogens with one attached hydrogen (secondary N) is 1. The number of aromatic nitrogens is 2. The first-order valence-corrected chi connectivity index (χ1v) is 6.84. The largest absolute Gasteiger partial charge is 0.586 e. The minimum Gasteiger partial charge on any atom is -0.395 e. The number of anilines is 1. The molecule has 0 aliphatic carbocycles. The number of hydrogen-bond acceptors (Lipinski definition) is 6. The van der Waals surface area contributed by atoms with Crippen molar-refractivity contribution >= 4 is 22.7 Å². The van der Waals surface area contributed by atoms with Crippen LogP contribution in [-0.2, 0) is 0 Å². The molecule has 1 aliphatic heterocycles. The van der Waals surface area contributed by atoms with Gasteiger partial charge in [0.2, 0.25) is 0 Å². The van der Waals surface area contributed by atoms with E-state index in [1.807, 2.05) is 0 Å². The van der Waals surface area contributed by atoms with Crippen molar-refractivity contribution in [2.75, 3.05) is 5.32 Å². The van der Waals surface area contributed by atoms with Crippen LogP contribution in [0.25, 0.3) is 11.1 Å². The molecular formula is C15H9F2N3O4. The Hall–Kier alpha value is -3.23. The number of rotatable bonds is 2. The molecule has 0 radical (unpaired) electrons. The number of fused-ring (bicyclic) bond motifs is 2. The van der Waals surface area contributed by atoms with Crippen molar-refractivity contribution in [2.45, 2.75) is 13.2 Å². The highest BCUT2D eigenvalue weighted by Crippen LogP contribution is 2.42. The predicted molar refractivity (Wildman–Crippen MR) is 77.1 cm³/mol. The molecule has 3 aromatic rings. The predicted octanol–water partition coefficient (Wildman–Crippen LogP) is 3.11. The summed E-state index contributed by atoms with van der Waals surface area (Å²) in [6.45, 7) is 1.73. The zero-order valence-corrected chi connectivity index (χ0v) is 12.2. The number of carbonyl (C=O) groups is 1. The SMILES string of the molecule is Cc1noc2ncc(C(=O)Nc3ccc4c(c3)OC(F)(F)O4)cc12. The number of halogens is 2. The molecule has 122 valence electrons. The Kier molecular flexibility index (Phi) is 2.92.